The van der Waals surface area contributed by atoms with Crippen molar-refractivity contribution in [3.05, 3.63) is 53.1 Å². The first-order valence-corrected chi connectivity index (χ1v) is 7.49. The van der Waals surface area contributed by atoms with Gasteiger partial charge in [-0.25, -0.2) is 0 Å². The highest BCUT2D eigenvalue weighted by molar-refractivity contribution is 6.10. The fraction of sp³-hybridized carbons (Fsp3) is 0.333. The second-order valence-corrected chi connectivity index (χ2v) is 5.89. The molecule has 0 saturated carbocycles. The van der Waals surface area contributed by atoms with Gasteiger partial charge in [-0.05, 0) is 32.4 Å². The lowest BCUT2D eigenvalue weighted by molar-refractivity contribution is 0.0981. The van der Waals surface area contributed by atoms with E-state index in [0.717, 1.165) is 5.56 Å². The number of hydrogen-bond donors (Lipinski definition) is 1. The fourth-order valence-electron chi connectivity index (χ4n) is 2.48. The minimum Gasteiger partial charge on any atom is -0.302 e. The molecule has 1 aromatic carbocycles. The topological polar surface area (TPSA) is 84.9 Å². The zero-order valence-corrected chi connectivity index (χ0v) is 13.8. The number of carbonyl (C=O) groups excluding carboxylic acids is 2. The third-order valence-corrected chi connectivity index (χ3v) is 4.04. The highest BCUT2D eigenvalue weighted by Crippen LogP contribution is 2.31. The number of carbonyl (C=O) groups is 2. The Bertz CT molecular complexity index is 747. The molecule has 2 rings (SSSR count). The fourth-order valence-corrected chi connectivity index (χ4v) is 2.48. The van der Waals surface area contributed by atoms with Gasteiger partial charge in [-0.3, -0.25) is 9.59 Å². The van der Waals surface area contributed by atoms with Crippen molar-refractivity contribution in [2.45, 2.75) is 33.4 Å². The molecule has 5 nitrogen and oxygen atoms in total. The van der Waals surface area contributed by atoms with Crippen LogP contribution >= 0.6 is 0 Å². The summed E-state index contributed by atoms with van der Waals surface area (Å²) in [4.78, 5) is 23.8. The molecule has 2 N–H and O–H groups in total. The van der Waals surface area contributed by atoms with Gasteiger partial charge in [-0.1, -0.05) is 37.3 Å². The number of allylic oxidation sites excluding steroid dienone is 2. The number of nitrogens with two attached hydrogens (primary N) is 1. The Balaban J connectivity index is 2.55. The SMILES string of the molecule is CC(=O)c1ccc(C)c(N=NC2(N)C=CC=CC2C)c1C(C)=O. The number of nitrogens with zero attached hydrogens (tertiary/aromatic N) is 2. The molecule has 1 aliphatic rings. The lowest BCUT2D eigenvalue weighted by atomic mass is 9.91. The number of aryl methyl sites for hydroxylation is 1. The van der Waals surface area contributed by atoms with Crippen molar-refractivity contribution in [1.82, 2.24) is 0 Å². The minimum absolute atomic E-state index is 0.0201. The number of azo groups is 1. The first kappa shape index (κ1) is 17.0. The van der Waals surface area contributed by atoms with Crippen LogP contribution < -0.4 is 5.73 Å². The molecule has 5 heteroatoms. The Morgan fingerprint density at radius 1 is 1.17 bits per heavy atom. The Morgan fingerprint density at radius 3 is 2.43 bits per heavy atom. The Labute approximate surface area is 136 Å². The van der Waals surface area contributed by atoms with Gasteiger partial charge in [0.05, 0.1) is 11.3 Å². The molecule has 1 aliphatic carbocycles. The number of Topliss-reactive ketones (excluding diaryl/α,β-unsaturated/α-hetero) is 2. The van der Waals surface area contributed by atoms with E-state index in [2.05, 4.69) is 10.2 Å². The minimum atomic E-state index is -0.957. The number of ketones is 2. The van der Waals surface area contributed by atoms with Gasteiger partial charge in [0.15, 0.2) is 17.2 Å². The van der Waals surface area contributed by atoms with E-state index < -0.39 is 5.66 Å². The van der Waals surface area contributed by atoms with E-state index in [9.17, 15) is 9.59 Å². The molecule has 120 valence electrons. The van der Waals surface area contributed by atoms with E-state index in [-0.39, 0.29) is 17.5 Å². The molecular formula is C18H21N3O2. The molecule has 0 saturated heterocycles. The monoisotopic (exact) mass is 311 g/mol. The van der Waals surface area contributed by atoms with Gasteiger partial charge in [-0.15, -0.1) is 0 Å². The van der Waals surface area contributed by atoms with Gasteiger partial charge in [0.2, 0.25) is 0 Å². The predicted octanol–water partition coefficient (Wildman–Crippen LogP) is 3.90. The second kappa shape index (κ2) is 6.38. The number of hydrogen-bond acceptors (Lipinski definition) is 5. The highest BCUT2D eigenvalue weighted by Gasteiger charge is 2.29. The van der Waals surface area contributed by atoms with Crippen LogP contribution in [0, 0.1) is 12.8 Å². The first-order valence-electron chi connectivity index (χ1n) is 7.49. The van der Waals surface area contributed by atoms with Gasteiger partial charge < -0.3 is 5.73 Å². The summed E-state index contributed by atoms with van der Waals surface area (Å²) in [7, 11) is 0. The lowest BCUT2D eigenvalue weighted by Crippen LogP contribution is -2.42. The summed E-state index contributed by atoms with van der Waals surface area (Å²) in [5.41, 5.74) is 7.15. The molecule has 1 aromatic rings. The molecule has 0 fully saturated rings. The Hall–Kier alpha value is -2.40. The molecule has 0 spiro atoms. The molecule has 0 radical (unpaired) electrons. The Morgan fingerprint density at radius 2 is 1.87 bits per heavy atom. The maximum Gasteiger partial charge on any atom is 0.162 e. The van der Waals surface area contributed by atoms with Crippen molar-refractivity contribution in [2.75, 3.05) is 0 Å². The molecule has 0 aromatic heterocycles. The quantitative estimate of drug-likeness (QED) is 0.676. The molecule has 2 unspecified atom stereocenters. The van der Waals surface area contributed by atoms with Crippen LogP contribution in [0.25, 0.3) is 0 Å². The average molecular weight is 311 g/mol. The van der Waals surface area contributed by atoms with Crippen molar-refractivity contribution in [3.8, 4) is 0 Å². The van der Waals surface area contributed by atoms with Crippen LogP contribution in [-0.4, -0.2) is 17.2 Å². The standard InChI is InChI=1S/C18H21N3O2/c1-11-8-9-15(13(3)22)16(14(4)23)17(11)20-21-18(19)10-6-5-7-12(18)2/h5-10,12H,19H2,1-4H3. The van der Waals surface area contributed by atoms with Crippen LogP contribution in [0.1, 0.15) is 47.1 Å². The summed E-state index contributed by atoms with van der Waals surface area (Å²) < 4.78 is 0. The summed E-state index contributed by atoms with van der Waals surface area (Å²) in [6.07, 6.45) is 7.46. The van der Waals surface area contributed by atoms with Gasteiger partial charge in [0.1, 0.15) is 0 Å². The summed E-state index contributed by atoms with van der Waals surface area (Å²) >= 11 is 0. The lowest BCUT2D eigenvalue weighted by Gasteiger charge is -2.27. The number of rotatable bonds is 4. The predicted molar refractivity (Wildman–Crippen MR) is 90.1 cm³/mol. The molecule has 23 heavy (non-hydrogen) atoms. The Kier molecular flexibility index (Phi) is 4.71. The number of benzene rings is 1. The third kappa shape index (κ3) is 3.35. The summed E-state index contributed by atoms with van der Waals surface area (Å²) in [6, 6.07) is 3.41. The van der Waals surface area contributed by atoms with E-state index in [1.165, 1.54) is 13.8 Å². The largest absolute Gasteiger partial charge is 0.302 e. The molecule has 0 amide bonds. The van der Waals surface area contributed by atoms with Crippen molar-refractivity contribution in [1.29, 1.82) is 0 Å². The van der Waals surface area contributed by atoms with E-state index in [1.54, 1.807) is 18.2 Å². The van der Waals surface area contributed by atoms with E-state index in [0.29, 0.717) is 16.8 Å². The van der Waals surface area contributed by atoms with Crippen molar-refractivity contribution in [2.24, 2.45) is 21.9 Å². The van der Waals surface area contributed by atoms with Crippen molar-refractivity contribution < 1.29 is 9.59 Å². The van der Waals surface area contributed by atoms with Crippen LogP contribution in [0.5, 0.6) is 0 Å². The zero-order chi connectivity index (χ0) is 17.2. The van der Waals surface area contributed by atoms with Crippen LogP contribution in [0.15, 0.2) is 46.7 Å². The first-order chi connectivity index (χ1) is 10.8. The van der Waals surface area contributed by atoms with Gasteiger partial charge >= 0.3 is 0 Å². The normalized spacial score (nSPS) is 23.4. The molecule has 0 aliphatic heterocycles. The maximum absolute atomic E-state index is 12.0. The summed E-state index contributed by atoms with van der Waals surface area (Å²) in [5.74, 6) is -0.414. The molecule has 0 bridgehead atoms. The van der Waals surface area contributed by atoms with Crippen LogP contribution in [-0.2, 0) is 0 Å². The molecule has 0 heterocycles. The average Bonchev–Trinajstić information content (AvgIpc) is 2.48. The van der Waals surface area contributed by atoms with Crippen molar-refractivity contribution >= 4 is 17.3 Å². The smallest absolute Gasteiger partial charge is 0.162 e. The summed E-state index contributed by atoms with van der Waals surface area (Å²) in [5, 5.41) is 8.53. The zero-order valence-electron chi connectivity index (χ0n) is 13.8. The van der Waals surface area contributed by atoms with Crippen LogP contribution in [0.3, 0.4) is 0 Å². The van der Waals surface area contributed by atoms with E-state index in [1.807, 2.05) is 32.1 Å². The van der Waals surface area contributed by atoms with E-state index in [4.69, 9.17) is 5.73 Å². The third-order valence-electron chi connectivity index (χ3n) is 4.04. The molecule has 2 atom stereocenters. The highest BCUT2D eigenvalue weighted by atomic mass is 16.1. The van der Waals surface area contributed by atoms with Crippen molar-refractivity contribution in [3.63, 3.8) is 0 Å². The van der Waals surface area contributed by atoms with Gasteiger partial charge in [0.25, 0.3) is 0 Å². The van der Waals surface area contributed by atoms with E-state index >= 15 is 0 Å². The van der Waals surface area contributed by atoms with Crippen LogP contribution in [0.4, 0.5) is 5.69 Å². The summed E-state index contributed by atoms with van der Waals surface area (Å²) in [6.45, 7) is 6.63. The maximum atomic E-state index is 12.0. The van der Waals surface area contributed by atoms with Crippen LogP contribution in [0.2, 0.25) is 0 Å². The van der Waals surface area contributed by atoms with Gasteiger partial charge in [0, 0.05) is 11.5 Å². The second-order valence-electron chi connectivity index (χ2n) is 5.89. The van der Waals surface area contributed by atoms with Gasteiger partial charge in [-0.2, -0.15) is 10.2 Å². The molecular weight excluding hydrogens is 290 g/mol.